The average Bonchev–Trinajstić information content (AvgIpc) is 2.39. The fraction of sp³-hybridized carbons (Fsp3) is 0.100. The van der Waals surface area contributed by atoms with E-state index in [0.29, 0.717) is 16.8 Å². The number of hydrogen-bond donors (Lipinski definition) is 1. The minimum atomic E-state index is -0.348. The number of fused-ring (bicyclic) bond motifs is 1. The number of aryl methyl sites for hydroxylation is 1. The van der Waals surface area contributed by atoms with Crippen LogP contribution in [-0.2, 0) is 7.05 Å². The second-order valence-corrected chi connectivity index (χ2v) is 3.09. The molecule has 0 fully saturated rings. The van der Waals surface area contributed by atoms with Gasteiger partial charge in [0.2, 0.25) is 0 Å². The molecule has 0 spiro atoms. The summed E-state index contributed by atoms with van der Waals surface area (Å²) in [5, 5.41) is 9.41. The second kappa shape index (κ2) is 2.74. The molecule has 0 aliphatic carbocycles. The maximum absolute atomic E-state index is 12.9. The standard InChI is InChI=1S/C10H8FN3/c1-14-8-3-2-6(11)4-7(8)10(13)9(14)5-12/h2-4H,13H2,1H3. The van der Waals surface area contributed by atoms with Crippen molar-refractivity contribution < 1.29 is 4.39 Å². The predicted octanol–water partition coefficient (Wildman–Crippen LogP) is 1.77. The van der Waals surface area contributed by atoms with Crippen LogP contribution in [-0.4, -0.2) is 4.57 Å². The Morgan fingerprint density at radius 2 is 2.21 bits per heavy atom. The Labute approximate surface area is 80.2 Å². The van der Waals surface area contributed by atoms with Gasteiger partial charge in [0.15, 0.2) is 0 Å². The lowest BCUT2D eigenvalue weighted by molar-refractivity contribution is 0.629. The first-order valence-electron chi connectivity index (χ1n) is 4.08. The van der Waals surface area contributed by atoms with Crippen LogP contribution >= 0.6 is 0 Å². The van der Waals surface area contributed by atoms with Crippen molar-refractivity contribution in [3.8, 4) is 6.07 Å². The summed E-state index contributed by atoms with van der Waals surface area (Å²) in [6.45, 7) is 0. The summed E-state index contributed by atoms with van der Waals surface area (Å²) < 4.78 is 14.6. The van der Waals surface area contributed by atoms with Crippen LogP contribution in [0.15, 0.2) is 18.2 Å². The van der Waals surface area contributed by atoms with Gasteiger partial charge in [0, 0.05) is 12.4 Å². The molecule has 0 saturated carbocycles. The molecule has 2 N–H and O–H groups in total. The van der Waals surface area contributed by atoms with E-state index in [-0.39, 0.29) is 5.82 Å². The molecule has 2 aromatic rings. The van der Waals surface area contributed by atoms with E-state index in [2.05, 4.69) is 0 Å². The highest BCUT2D eigenvalue weighted by Crippen LogP contribution is 2.27. The number of nitrogens with two attached hydrogens (primary N) is 1. The molecule has 0 aliphatic heterocycles. The smallest absolute Gasteiger partial charge is 0.144 e. The monoisotopic (exact) mass is 189 g/mol. The summed E-state index contributed by atoms with van der Waals surface area (Å²) in [5.41, 5.74) is 7.18. The number of nitriles is 1. The molecule has 1 heterocycles. The average molecular weight is 189 g/mol. The number of hydrogen-bond acceptors (Lipinski definition) is 2. The molecule has 3 nitrogen and oxygen atoms in total. The normalized spacial score (nSPS) is 10.4. The van der Waals surface area contributed by atoms with Crippen molar-refractivity contribution >= 4 is 16.6 Å². The largest absolute Gasteiger partial charge is 0.396 e. The molecule has 1 aromatic carbocycles. The fourth-order valence-corrected chi connectivity index (χ4v) is 1.58. The number of anilines is 1. The molecule has 1 aromatic heterocycles. The van der Waals surface area contributed by atoms with Crippen LogP contribution in [0.1, 0.15) is 5.69 Å². The first kappa shape index (κ1) is 8.57. The van der Waals surface area contributed by atoms with E-state index in [0.717, 1.165) is 5.52 Å². The summed E-state index contributed by atoms with van der Waals surface area (Å²) in [6, 6.07) is 6.29. The molecular weight excluding hydrogens is 181 g/mol. The Balaban J connectivity index is 2.96. The first-order valence-corrected chi connectivity index (χ1v) is 4.08. The van der Waals surface area contributed by atoms with Gasteiger partial charge in [-0.2, -0.15) is 5.26 Å². The predicted molar refractivity (Wildman–Crippen MR) is 52.0 cm³/mol. The Morgan fingerprint density at radius 3 is 2.86 bits per heavy atom. The van der Waals surface area contributed by atoms with Crippen molar-refractivity contribution in [1.82, 2.24) is 4.57 Å². The lowest BCUT2D eigenvalue weighted by atomic mass is 10.2. The molecule has 0 bridgehead atoms. The highest BCUT2D eigenvalue weighted by Gasteiger charge is 2.11. The van der Waals surface area contributed by atoms with Crippen LogP contribution in [0.25, 0.3) is 10.9 Å². The lowest BCUT2D eigenvalue weighted by Gasteiger charge is -1.95. The summed E-state index contributed by atoms with van der Waals surface area (Å²) >= 11 is 0. The third-order valence-corrected chi connectivity index (χ3v) is 2.31. The number of rotatable bonds is 0. The number of nitrogen functional groups attached to an aromatic ring is 1. The zero-order valence-electron chi connectivity index (χ0n) is 7.58. The van der Waals surface area contributed by atoms with E-state index in [9.17, 15) is 4.39 Å². The summed E-state index contributed by atoms with van der Waals surface area (Å²) in [7, 11) is 1.73. The van der Waals surface area contributed by atoms with Gasteiger partial charge in [-0.25, -0.2) is 4.39 Å². The zero-order chi connectivity index (χ0) is 10.3. The third kappa shape index (κ3) is 0.958. The summed E-state index contributed by atoms with van der Waals surface area (Å²) in [5.74, 6) is -0.348. The quantitative estimate of drug-likeness (QED) is 0.686. The van der Waals surface area contributed by atoms with Gasteiger partial charge in [-0.3, -0.25) is 0 Å². The van der Waals surface area contributed by atoms with Gasteiger partial charge in [-0.15, -0.1) is 0 Å². The van der Waals surface area contributed by atoms with Crippen molar-refractivity contribution in [2.24, 2.45) is 7.05 Å². The topological polar surface area (TPSA) is 54.7 Å². The maximum Gasteiger partial charge on any atom is 0.144 e. The Bertz CT molecular complexity index is 548. The molecule has 0 amide bonds. The van der Waals surface area contributed by atoms with Crippen LogP contribution in [0.5, 0.6) is 0 Å². The van der Waals surface area contributed by atoms with E-state index in [1.165, 1.54) is 12.1 Å². The van der Waals surface area contributed by atoms with Gasteiger partial charge in [-0.1, -0.05) is 0 Å². The summed E-state index contributed by atoms with van der Waals surface area (Å²) in [4.78, 5) is 0. The number of aromatic nitrogens is 1. The van der Waals surface area contributed by atoms with Crippen molar-refractivity contribution in [2.75, 3.05) is 5.73 Å². The van der Waals surface area contributed by atoms with E-state index < -0.39 is 0 Å². The molecule has 14 heavy (non-hydrogen) atoms. The van der Waals surface area contributed by atoms with Crippen LogP contribution in [0.2, 0.25) is 0 Å². The van der Waals surface area contributed by atoms with Gasteiger partial charge in [-0.05, 0) is 18.2 Å². The fourth-order valence-electron chi connectivity index (χ4n) is 1.58. The molecule has 4 heteroatoms. The van der Waals surface area contributed by atoms with E-state index in [1.54, 1.807) is 17.7 Å². The van der Waals surface area contributed by atoms with Gasteiger partial charge in [0.1, 0.15) is 17.6 Å². The summed E-state index contributed by atoms with van der Waals surface area (Å²) in [6.07, 6.45) is 0. The Kier molecular flexibility index (Phi) is 1.68. The number of nitrogens with zero attached hydrogens (tertiary/aromatic N) is 2. The molecule has 0 unspecified atom stereocenters. The van der Waals surface area contributed by atoms with E-state index >= 15 is 0 Å². The molecule has 70 valence electrons. The minimum Gasteiger partial charge on any atom is -0.396 e. The SMILES string of the molecule is Cn1c(C#N)c(N)c2cc(F)ccc21. The second-order valence-electron chi connectivity index (χ2n) is 3.09. The van der Waals surface area contributed by atoms with Crippen molar-refractivity contribution in [3.63, 3.8) is 0 Å². The first-order chi connectivity index (χ1) is 6.65. The van der Waals surface area contributed by atoms with Crippen LogP contribution in [0.4, 0.5) is 10.1 Å². The lowest BCUT2D eigenvalue weighted by Crippen LogP contribution is -1.93. The molecule has 0 radical (unpaired) electrons. The highest BCUT2D eigenvalue weighted by molar-refractivity contribution is 5.95. The Hall–Kier alpha value is -2.02. The number of halogens is 1. The van der Waals surface area contributed by atoms with E-state index in [1.807, 2.05) is 6.07 Å². The van der Waals surface area contributed by atoms with Crippen molar-refractivity contribution in [1.29, 1.82) is 5.26 Å². The maximum atomic E-state index is 12.9. The molecule has 0 saturated heterocycles. The molecular formula is C10H8FN3. The van der Waals surface area contributed by atoms with E-state index in [4.69, 9.17) is 11.0 Å². The van der Waals surface area contributed by atoms with Gasteiger partial charge < -0.3 is 10.3 Å². The van der Waals surface area contributed by atoms with Crippen LogP contribution in [0.3, 0.4) is 0 Å². The zero-order valence-corrected chi connectivity index (χ0v) is 7.58. The minimum absolute atomic E-state index is 0.338. The van der Waals surface area contributed by atoms with Crippen LogP contribution < -0.4 is 5.73 Å². The van der Waals surface area contributed by atoms with Gasteiger partial charge in [0.05, 0.1) is 11.2 Å². The van der Waals surface area contributed by atoms with Crippen LogP contribution in [0, 0.1) is 17.1 Å². The molecule has 0 atom stereocenters. The number of benzene rings is 1. The Morgan fingerprint density at radius 1 is 1.50 bits per heavy atom. The highest BCUT2D eigenvalue weighted by atomic mass is 19.1. The van der Waals surface area contributed by atoms with Gasteiger partial charge >= 0.3 is 0 Å². The van der Waals surface area contributed by atoms with Crippen molar-refractivity contribution in [2.45, 2.75) is 0 Å². The third-order valence-electron chi connectivity index (χ3n) is 2.31. The van der Waals surface area contributed by atoms with Crippen molar-refractivity contribution in [3.05, 3.63) is 29.7 Å². The molecule has 2 rings (SSSR count). The molecule has 0 aliphatic rings. The van der Waals surface area contributed by atoms with Gasteiger partial charge in [0.25, 0.3) is 0 Å².